The van der Waals surface area contributed by atoms with E-state index in [1.54, 1.807) is 10.4 Å². The van der Waals surface area contributed by atoms with E-state index in [0.29, 0.717) is 37.6 Å². The Kier molecular flexibility index (Phi) is 6.48. The highest BCUT2D eigenvalue weighted by molar-refractivity contribution is 7.13. The molecule has 2 aromatic carbocycles. The van der Waals surface area contributed by atoms with E-state index >= 15 is 0 Å². The Labute approximate surface area is 200 Å². The minimum atomic E-state index is -0.117. The number of carbonyl (C=O) groups is 2. The summed E-state index contributed by atoms with van der Waals surface area (Å²) < 4.78 is 2.13. The minimum absolute atomic E-state index is 0.0550. The van der Waals surface area contributed by atoms with Crippen molar-refractivity contribution in [3.05, 3.63) is 71.5 Å². The van der Waals surface area contributed by atoms with Gasteiger partial charge in [0.15, 0.2) is 0 Å². The maximum absolute atomic E-state index is 12.6. The molecule has 4 aromatic rings. The van der Waals surface area contributed by atoms with Crippen LogP contribution in [0.15, 0.2) is 60.4 Å². The van der Waals surface area contributed by atoms with Crippen LogP contribution in [-0.2, 0) is 17.9 Å². The van der Waals surface area contributed by atoms with Crippen molar-refractivity contribution >= 4 is 39.4 Å². The lowest BCUT2D eigenvalue weighted by Gasteiger charge is -2.31. The molecule has 1 aliphatic rings. The Hall–Kier alpha value is -3.79. The van der Waals surface area contributed by atoms with Crippen molar-refractivity contribution in [3.8, 4) is 0 Å². The van der Waals surface area contributed by atoms with Gasteiger partial charge < -0.3 is 20.1 Å². The van der Waals surface area contributed by atoms with Gasteiger partial charge in [-0.25, -0.2) is 9.78 Å². The van der Waals surface area contributed by atoms with Crippen molar-refractivity contribution in [2.45, 2.75) is 25.9 Å². The van der Waals surface area contributed by atoms with E-state index in [-0.39, 0.29) is 17.9 Å². The van der Waals surface area contributed by atoms with Gasteiger partial charge in [-0.05, 0) is 36.1 Å². The fourth-order valence-electron chi connectivity index (χ4n) is 4.16. The summed E-state index contributed by atoms with van der Waals surface area (Å²) in [5, 5.41) is 13.9. The number of amides is 3. The second-order valence-corrected chi connectivity index (χ2v) is 9.16. The van der Waals surface area contributed by atoms with E-state index in [1.165, 1.54) is 16.9 Å². The molecule has 0 bridgehead atoms. The number of benzene rings is 2. The average molecular weight is 476 g/mol. The number of hydrogen-bond donors (Lipinski definition) is 2. The van der Waals surface area contributed by atoms with Crippen LogP contribution in [0.1, 0.15) is 24.0 Å². The molecule has 0 spiro atoms. The largest absolute Gasteiger partial charge is 0.334 e. The zero-order valence-corrected chi connectivity index (χ0v) is 19.4. The summed E-state index contributed by atoms with van der Waals surface area (Å²) in [7, 11) is 0. The van der Waals surface area contributed by atoms with Gasteiger partial charge in [0, 0.05) is 32.1 Å². The van der Waals surface area contributed by atoms with E-state index in [2.05, 4.69) is 48.6 Å². The number of nitrogens with zero attached hydrogens (tertiary/aromatic N) is 5. The summed E-state index contributed by atoms with van der Waals surface area (Å²) in [5.41, 5.74) is 5.90. The molecule has 1 saturated heterocycles. The van der Waals surface area contributed by atoms with Gasteiger partial charge in [-0.15, -0.1) is 10.2 Å². The number of para-hydroxylation sites is 2. The van der Waals surface area contributed by atoms with E-state index < -0.39 is 0 Å². The molecule has 34 heavy (non-hydrogen) atoms. The summed E-state index contributed by atoms with van der Waals surface area (Å²) in [6, 6.07) is 16.2. The lowest BCUT2D eigenvalue weighted by atomic mass is 9.96. The first-order valence-electron chi connectivity index (χ1n) is 11.2. The summed E-state index contributed by atoms with van der Waals surface area (Å²) in [6.07, 6.45) is 3.13. The molecule has 174 valence electrons. The van der Waals surface area contributed by atoms with Gasteiger partial charge in [0.2, 0.25) is 11.0 Å². The molecule has 10 heteroatoms. The lowest BCUT2D eigenvalue weighted by Crippen LogP contribution is -2.45. The Morgan fingerprint density at radius 1 is 1.03 bits per heavy atom. The van der Waals surface area contributed by atoms with E-state index in [0.717, 1.165) is 23.1 Å². The van der Waals surface area contributed by atoms with Crippen molar-refractivity contribution in [2.75, 3.05) is 18.4 Å². The molecule has 3 amide bonds. The van der Waals surface area contributed by atoms with Crippen LogP contribution in [0.2, 0.25) is 0 Å². The van der Waals surface area contributed by atoms with Crippen molar-refractivity contribution in [2.24, 2.45) is 5.92 Å². The van der Waals surface area contributed by atoms with Crippen LogP contribution in [0.4, 0.5) is 9.93 Å². The third-order valence-corrected chi connectivity index (χ3v) is 6.70. The molecular weight excluding hydrogens is 450 g/mol. The van der Waals surface area contributed by atoms with E-state index in [4.69, 9.17) is 0 Å². The monoisotopic (exact) mass is 475 g/mol. The number of rotatable bonds is 6. The lowest BCUT2D eigenvalue weighted by molar-refractivity contribution is -0.121. The Balaban J connectivity index is 1.08. The highest BCUT2D eigenvalue weighted by atomic mass is 32.1. The van der Waals surface area contributed by atoms with Crippen LogP contribution in [0, 0.1) is 5.92 Å². The number of anilines is 1. The Bertz CT molecular complexity index is 1260. The first-order chi connectivity index (χ1) is 16.7. The van der Waals surface area contributed by atoms with Crippen molar-refractivity contribution in [1.82, 2.24) is 30.0 Å². The molecular formula is C24H25N7O2S. The number of hydrogen-bond acceptors (Lipinski definition) is 6. The number of piperidine rings is 1. The highest BCUT2D eigenvalue weighted by Crippen LogP contribution is 2.20. The molecule has 0 radical (unpaired) electrons. The first kappa shape index (κ1) is 22.0. The third-order valence-electron chi connectivity index (χ3n) is 6.09. The van der Waals surface area contributed by atoms with Crippen LogP contribution in [-0.4, -0.2) is 49.7 Å². The van der Waals surface area contributed by atoms with E-state index in [1.807, 2.05) is 36.7 Å². The van der Waals surface area contributed by atoms with Gasteiger partial charge in [0.25, 0.3) is 0 Å². The van der Waals surface area contributed by atoms with E-state index in [9.17, 15) is 9.59 Å². The first-order valence-corrected chi connectivity index (χ1v) is 12.1. The minimum Gasteiger partial charge on any atom is -0.334 e. The zero-order chi connectivity index (χ0) is 23.3. The van der Waals surface area contributed by atoms with Gasteiger partial charge in [0.05, 0.1) is 17.4 Å². The fraction of sp³-hybridized carbons (Fsp3) is 0.292. The van der Waals surface area contributed by atoms with Gasteiger partial charge in [-0.3, -0.25) is 4.79 Å². The van der Waals surface area contributed by atoms with Crippen molar-refractivity contribution in [3.63, 3.8) is 0 Å². The molecule has 5 rings (SSSR count). The molecule has 0 saturated carbocycles. The fourth-order valence-corrected chi connectivity index (χ4v) is 4.61. The normalized spacial score (nSPS) is 14.3. The summed E-state index contributed by atoms with van der Waals surface area (Å²) in [6.45, 7) is 2.31. The maximum Gasteiger partial charge on any atom is 0.317 e. The molecule has 2 N–H and O–H groups in total. The smallest absolute Gasteiger partial charge is 0.317 e. The zero-order valence-electron chi connectivity index (χ0n) is 18.6. The molecule has 0 atom stereocenters. The Morgan fingerprint density at radius 3 is 2.56 bits per heavy atom. The highest BCUT2D eigenvalue weighted by Gasteiger charge is 2.27. The molecule has 3 heterocycles. The third kappa shape index (κ3) is 5.07. The second kappa shape index (κ2) is 10.0. The number of fused-ring (bicyclic) bond motifs is 1. The maximum atomic E-state index is 12.6. The average Bonchev–Trinajstić information content (AvgIpc) is 3.54. The standard InChI is InChI=1S/C24H25N7O2S/c32-22(28-23-29-27-16-34-23)19-9-11-30(12-10-19)24(33)25-13-17-5-7-18(8-6-17)14-31-15-26-20-3-1-2-4-21(20)31/h1-8,15-16,19H,9-14H2,(H,25,33)(H,28,29,32). The van der Waals surface area contributed by atoms with Gasteiger partial charge in [-0.1, -0.05) is 47.7 Å². The topological polar surface area (TPSA) is 105 Å². The Morgan fingerprint density at radius 2 is 1.79 bits per heavy atom. The summed E-state index contributed by atoms with van der Waals surface area (Å²) in [4.78, 5) is 31.2. The number of nitrogens with one attached hydrogen (secondary N) is 2. The number of likely N-dealkylation sites (tertiary alicyclic amines) is 1. The molecule has 1 aliphatic heterocycles. The molecule has 2 aromatic heterocycles. The molecule has 0 unspecified atom stereocenters. The predicted octanol–water partition coefficient (Wildman–Crippen LogP) is 3.50. The van der Waals surface area contributed by atoms with Crippen LogP contribution in [0.25, 0.3) is 11.0 Å². The van der Waals surface area contributed by atoms with Crippen LogP contribution >= 0.6 is 11.3 Å². The molecule has 9 nitrogen and oxygen atoms in total. The van der Waals surface area contributed by atoms with Crippen LogP contribution in [0.3, 0.4) is 0 Å². The van der Waals surface area contributed by atoms with Crippen molar-refractivity contribution in [1.29, 1.82) is 0 Å². The van der Waals surface area contributed by atoms with Crippen molar-refractivity contribution < 1.29 is 9.59 Å². The van der Waals surface area contributed by atoms with Gasteiger partial charge in [0.1, 0.15) is 5.51 Å². The number of imidazole rings is 1. The second-order valence-electron chi connectivity index (χ2n) is 8.33. The number of aromatic nitrogens is 4. The summed E-state index contributed by atoms with van der Waals surface area (Å²) >= 11 is 1.29. The van der Waals surface area contributed by atoms with Crippen LogP contribution in [0.5, 0.6) is 0 Å². The predicted molar refractivity (Wildman–Crippen MR) is 130 cm³/mol. The SMILES string of the molecule is O=C(Nc1nncs1)C1CCN(C(=O)NCc2ccc(Cn3cnc4ccccc43)cc2)CC1. The van der Waals surface area contributed by atoms with Crippen LogP contribution < -0.4 is 10.6 Å². The van der Waals surface area contributed by atoms with Gasteiger partial charge in [-0.2, -0.15) is 0 Å². The van der Waals surface area contributed by atoms with Gasteiger partial charge >= 0.3 is 6.03 Å². The number of urea groups is 1. The molecule has 0 aliphatic carbocycles. The molecule has 1 fully saturated rings. The number of carbonyl (C=O) groups excluding carboxylic acids is 2. The summed E-state index contributed by atoms with van der Waals surface area (Å²) in [5.74, 6) is -0.172. The quantitative estimate of drug-likeness (QED) is 0.444.